The molecule has 2 saturated heterocycles. The monoisotopic (exact) mass is 282 g/mol. The molecule has 0 spiro atoms. The lowest BCUT2D eigenvalue weighted by atomic mass is 10.1. The number of likely N-dealkylation sites (tertiary alicyclic amines) is 1. The van der Waals surface area contributed by atoms with Crippen LogP contribution in [-0.4, -0.2) is 86.2 Å². The van der Waals surface area contributed by atoms with Gasteiger partial charge in [-0.25, -0.2) is 0 Å². The molecule has 2 aliphatic heterocycles. The van der Waals surface area contributed by atoms with E-state index in [2.05, 4.69) is 40.9 Å². The molecule has 1 atom stereocenters. The van der Waals surface area contributed by atoms with Crippen LogP contribution in [0.1, 0.15) is 33.1 Å². The van der Waals surface area contributed by atoms with Gasteiger partial charge in [0, 0.05) is 51.4 Å². The predicted octanol–water partition coefficient (Wildman–Crippen LogP) is 1.09. The first-order chi connectivity index (χ1) is 9.65. The van der Waals surface area contributed by atoms with Gasteiger partial charge in [0.15, 0.2) is 0 Å². The van der Waals surface area contributed by atoms with Crippen LogP contribution in [0.25, 0.3) is 0 Å². The molecular formula is C16H34N4. The largest absolute Gasteiger partial charge is 0.313 e. The van der Waals surface area contributed by atoms with Gasteiger partial charge in [-0.15, -0.1) is 0 Å². The van der Waals surface area contributed by atoms with E-state index in [4.69, 9.17) is 0 Å². The van der Waals surface area contributed by atoms with E-state index in [1.807, 2.05) is 0 Å². The highest BCUT2D eigenvalue weighted by molar-refractivity contribution is 4.77. The Morgan fingerprint density at radius 1 is 1.00 bits per heavy atom. The SMILES string of the molecule is CC(C)N1CCCC(NCCN2CCN(C)CC2)CC1. The van der Waals surface area contributed by atoms with Crippen molar-refractivity contribution < 1.29 is 0 Å². The van der Waals surface area contributed by atoms with Gasteiger partial charge in [-0.3, -0.25) is 4.90 Å². The minimum absolute atomic E-state index is 0.707. The Bertz CT molecular complexity index is 261. The number of nitrogens with zero attached hydrogens (tertiary/aromatic N) is 3. The highest BCUT2D eigenvalue weighted by atomic mass is 15.2. The van der Waals surface area contributed by atoms with Crippen LogP contribution in [0.2, 0.25) is 0 Å². The highest BCUT2D eigenvalue weighted by Gasteiger charge is 2.18. The first kappa shape index (κ1) is 16.2. The topological polar surface area (TPSA) is 21.8 Å². The zero-order valence-electron chi connectivity index (χ0n) is 13.8. The van der Waals surface area contributed by atoms with Crippen molar-refractivity contribution >= 4 is 0 Å². The molecule has 1 unspecified atom stereocenters. The van der Waals surface area contributed by atoms with Gasteiger partial charge in [0.1, 0.15) is 0 Å². The molecule has 20 heavy (non-hydrogen) atoms. The lowest BCUT2D eigenvalue weighted by Crippen LogP contribution is -2.47. The minimum atomic E-state index is 0.707. The third kappa shape index (κ3) is 5.32. The molecule has 0 amide bonds. The molecule has 0 bridgehead atoms. The summed E-state index contributed by atoms with van der Waals surface area (Å²) in [4.78, 5) is 7.65. The molecule has 0 aliphatic carbocycles. The molecule has 4 heteroatoms. The summed E-state index contributed by atoms with van der Waals surface area (Å²) in [6.07, 6.45) is 4.03. The quantitative estimate of drug-likeness (QED) is 0.815. The second-order valence-electron chi connectivity index (χ2n) is 6.86. The number of likely N-dealkylation sites (N-methyl/N-ethyl adjacent to an activating group) is 1. The van der Waals surface area contributed by atoms with Gasteiger partial charge in [-0.2, -0.15) is 0 Å². The van der Waals surface area contributed by atoms with Crippen molar-refractivity contribution in [3.05, 3.63) is 0 Å². The van der Waals surface area contributed by atoms with Crippen molar-refractivity contribution in [1.82, 2.24) is 20.0 Å². The van der Waals surface area contributed by atoms with Crippen molar-refractivity contribution in [2.45, 2.75) is 45.2 Å². The molecule has 2 rings (SSSR count). The number of nitrogens with one attached hydrogen (secondary N) is 1. The summed E-state index contributed by atoms with van der Waals surface area (Å²) in [5, 5.41) is 3.80. The summed E-state index contributed by atoms with van der Waals surface area (Å²) >= 11 is 0. The third-order valence-electron chi connectivity index (χ3n) is 4.95. The standard InChI is InChI=1S/C16H34N4/c1-15(2)20-8-4-5-16(6-9-20)17-7-10-19-13-11-18(3)12-14-19/h15-17H,4-14H2,1-3H3. The summed E-state index contributed by atoms with van der Waals surface area (Å²) in [6.45, 7) is 14.5. The molecular weight excluding hydrogens is 248 g/mol. The van der Waals surface area contributed by atoms with Crippen LogP contribution >= 0.6 is 0 Å². The molecule has 1 N–H and O–H groups in total. The van der Waals surface area contributed by atoms with Crippen molar-refractivity contribution in [3.63, 3.8) is 0 Å². The van der Waals surface area contributed by atoms with E-state index in [0.29, 0.717) is 6.04 Å². The van der Waals surface area contributed by atoms with Gasteiger partial charge in [0.25, 0.3) is 0 Å². The van der Waals surface area contributed by atoms with Gasteiger partial charge in [0.05, 0.1) is 0 Å². The molecule has 0 aromatic heterocycles. The van der Waals surface area contributed by atoms with Crippen LogP contribution in [0.15, 0.2) is 0 Å². The van der Waals surface area contributed by atoms with Crippen molar-refractivity contribution in [2.75, 3.05) is 59.4 Å². The van der Waals surface area contributed by atoms with Crippen LogP contribution in [0.3, 0.4) is 0 Å². The van der Waals surface area contributed by atoms with Crippen LogP contribution in [0.4, 0.5) is 0 Å². The fourth-order valence-corrected chi connectivity index (χ4v) is 3.34. The first-order valence-corrected chi connectivity index (χ1v) is 8.53. The van der Waals surface area contributed by atoms with E-state index in [9.17, 15) is 0 Å². The van der Waals surface area contributed by atoms with Crippen molar-refractivity contribution in [1.29, 1.82) is 0 Å². The molecule has 2 heterocycles. The van der Waals surface area contributed by atoms with Crippen LogP contribution < -0.4 is 5.32 Å². The smallest absolute Gasteiger partial charge is 0.0110 e. The summed E-state index contributed by atoms with van der Waals surface area (Å²) in [7, 11) is 2.22. The van der Waals surface area contributed by atoms with Gasteiger partial charge in [-0.05, 0) is 53.2 Å². The fraction of sp³-hybridized carbons (Fsp3) is 1.00. The average molecular weight is 282 g/mol. The van der Waals surface area contributed by atoms with E-state index in [1.165, 1.54) is 65.1 Å². The molecule has 0 aromatic rings. The van der Waals surface area contributed by atoms with E-state index < -0.39 is 0 Å². The highest BCUT2D eigenvalue weighted by Crippen LogP contribution is 2.13. The van der Waals surface area contributed by atoms with E-state index in [0.717, 1.165) is 12.6 Å². The molecule has 2 aliphatic rings. The Morgan fingerprint density at radius 2 is 1.75 bits per heavy atom. The van der Waals surface area contributed by atoms with Crippen LogP contribution in [-0.2, 0) is 0 Å². The maximum Gasteiger partial charge on any atom is 0.0110 e. The second-order valence-corrected chi connectivity index (χ2v) is 6.86. The second kappa shape index (κ2) is 8.32. The Morgan fingerprint density at radius 3 is 2.45 bits per heavy atom. The Labute approximate surface area is 125 Å². The maximum atomic E-state index is 3.80. The zero-order valence-corrected chi connectivity index (χ0v) is 13.8. The molecule has 4 nitrogen and oxygen atoms in total. The zero-order chi connectivity index (χ0) is 14.4. The lowest BCUT2D eigenvalue weighted by molar-refractivity contribution is 0.153. The van der Waals surface area contributed by atoms with Gasteiger partial charge in [-0.1, -0.05) is 0 Å². The predicted molar refractivity (Wildman–Crippen MR) is 86.3 cm³/mol. The van der Waals surface area contributed by atoms with Gasteiger partial charge in [0.2, 0.25) is 0 Å². The number of rotatable bonds is 5. The Balaban J connectivity index is 1.59. The molecule has 118 valence electrons. The molecule has 0 aromatic carbocycles. The first-order valence-electron chi connectivity index (χ1n) is 8.53. The van der Waals surface area contributed by atoms with E-state index in [1.54, 1.807) is 0 Å². The number of hydrogen-bond acceptors (Lipinski definition) is 4. The van der Waals surface area contributed by atoms with Gasteiger partial charge < -0.3 is 15.1 Å². The third-order valence-corrected chi connectivity index (χ3v) is 4.95. The lowest BCUT2D eigenvalue weighted by Gasteiger charge is -2.32. The molecule has 0 saturated carbocycles. The van der Waals surface area contributed by atoms with E-state index >= 15 is 0 Å². The average Bonchev–Trinajstić information content (AvgIpc) is 2.67. The Hall–Kier alpha value is -0.160. The van der Waals surface area contributed by atoms with Gasteiger partial charge >= 0.3 is 0 Å². The molecule has 0 radical (unpaired) electrons. The summed E-state index contributed by atoms with van der Waals surface area (Å²) in [6, 6.07) is 1.45. The Kier molecular flexibility index (Phi) is 6.75. The van der Waals surface area contributed by atoms with Crippen molar-refractivity contribution in [3.8, 4) is 0 Å². The summed E-state index contributed by atoms with van der Waals surface area (Å²) in [5.74, 6) is 0. The fourth-order valence-electron chi connectivity index (χ4n) is 3.34. The minimum Gasteiger partial charge on any atom is -0.313 e. The maximum absolute atomic E-state index is 3.80. The number of piperazine rings is 1. The normalized spacial score (nSPS) is 27.9. The van der Waals surface area contributed by atoms with E-state index in [-0.39, 0.29) is 0 Å². The summed E-state index contributed by atoms with van der Waals surface area (Å²) in [5.41, 5.74) is 0. The summed E-state index contributed by atoms with van der Waals surface area (Å²) < 4.78 is 0. The van der Waals surface area contributed by atoms with Crippen LogP contribution in [0.5, 0.6) is 0 Å². The number of hydrogen-bond donors (Lipinski definition) is 1. The van der Waals surface area contributed by atoms with Crippen molar-refractivity contribution in [2.24, 2.45) is 0 Å². The molecule has 2 fully saturated rings. The van der Waals surface area contributed by atoms with Crippen LogP contribution in [0, 0.1) is 0 Å².